The van der Waals surface area contributed by atoms with Crippen LogP contribution in [0.2, 0.25) is 0 Å². The second-order valence-electron chi connectivity index (χ2n) is 4.86. The molecule has 2 aromatic heterocycles. The first-order valence-electron chi connectivity index (χ1n) is 6.51. The molecule has 100 valence electrons. The van der Waals surface area contributed by atoms with Crippen LogP contribution in [0.4, 0.5) is 0 Å². The number of hydrogen-bond donors (Lipinski definition) is 0. The minimum absolute atomic E-state index is 0.250. The standard InChI is InChI=1S/C14H16N2OS2/c17-13(8-11-3-6-18-10-11)16-5-1-2-12(9-16)14-15-4-7-19-14/h3-4,6-7,10,12H,1-2,5,8-9H2/t12-/m1/s1. The van der Waals surface area contributed by atoms with Crippen LogP contribution in [-0.4, -0.2) is 28.9 Å². The van der Waals surface area contributed by atoms with E-state index in [0.717, 1.165) is 31.5 Å². The highest BCUT2D eigenvalue weighted by atomic mass is 32.1. The van der Waals surface area contributed by atoms with Crippen LogP contribution in [0.5, 0.6) is 0 Å². The SMILES string of the molecule is O=C(Cc1ccsc1)N1CCC[C@@H](c2nccs2)C1. The molecule has 0 aliphatic carbocycles. The second kappa shape index (κ2) is 5.84. The van der Waals surface area contributed by atoms with Gasteiger partial charge in [0.05, 0.1) is 11.4 Å². The van der Waals surface area contributed by atoms with Gasteiger partial charge in [0.1, 0.15) is 0 Å². The molecule has 0 aromatic carbocycles. The van der Waals surface area contributed by atoms with Gasteiger partial charge in [-0.15, -0.1) is 11.3 Å². The van der Waals surface area contributed by atoms with Crippen LogP contribution in [0, 0.1) is 0 Å². The summed E-state index contributed by atoms with van der Waals surface area (Å²) in [6.07, 6.45) is 4.62. The van der Waals surface area contributed by atoms with E-state index < -0.39 is 0 Å². The van der Waals surface area contributed by atoms with Gasteiger partial charge in [0.2, 0.25) is 5.91 Å². The quantitative estimate of drug-likeness (QED) is 0.870. The summed E-state index contributed by atoms with van der Waals surface area (Å²) in [5.74, 6) is 0.680. The third-order valence-electron chi connectivity index (χ3n) is 3.51. The molecule has 1 amide bonds. The van der Waals surface area contributed by atoms with Crippen LogP contribution in [-0.2, 0) is 11.2 Å². The van der Waals surface area contributed by atoms with Crippen LogP contribution in [0.1, 0.15) is 29.3 Å². The fourth-order valence-electron chi connectivity index (χ4n) is 2.52. The lowest BCUT2D eigenvalue weighted by Crippen LogP contribution is -2.39. The molecule has 3 nitrogen and oxygen atoms in total. The molecule has 0 spiro atoms. The number of rotatable bonds is 3. The molecule has 0 radical (unpaired) electrons. The van der Waals surface area contributed by atoms with Crippen molar-refractivity contribution in [1.29, 1.82) is 0 Å². The van der Waals surface area contributed by atoms with Crippen molar-refractivity contribution in [3.05, 3.63) is 39.0 Å². The minimum Gasteiger partial charge on any atom is -0.342 e. The Bertz CT molecular complexity index is 522. The van der Waals surface area contributed by atoms with Crippen molar-refractivity contribution in [1.82, 2.24) is 9.88 Å². The summed E-state index contributed by atoms with van der Waals surface area (Å²) in [7, 11) is 0. The number of likely N-dealkylation sites (tertiary alicyclic amines) is 1. The topological polar surface area (TPSA) is 33.2 Å². The maximum Gasteiger partial charge on any atom is 0.227 e. The molecule has 3 rings (SSSR count). The Hall–Kier alpha value is -1.20. The van der Waals surface area contributed by atoms with Gasteiger partial charge in [-0.25, -0.2) is 4.98 Å². The number of thiophene rings is 1. The molecule has 1 saturated heterocycles. The Morgan fingerprint density at radius 2 is 2.42 bits per heavy atom. The summed E-state index contributed by atoms with van der Waals surface area (Å²) in [5.41, 5.74) is 1.13. The summed E-state index contributed by atoms with van der Waals surface area (Å²) in [5, 5.41) is 7.27. The fourth-order valence-corrected chi connectivity index (χ4v) is 3.96. The summed E-state index contributed by atoms with van der Waals surface area (Å²) in [6.45, 7) is 1.72. The van der Waals surface area contributed by atoms with E-state index in [0.29, 0.717) is 12.3 Å². The van der Waals surface area contributed by atoms with Crippen molar-refractivity contribution < 1.29 is 4.79 Å². The van der Waals surface area contributed by atoms with Gasteiger partial charge >= 0.3 is 0 Å². The molecule has 1 fully saturated rings. The lowest BCUT2D eigenvalue weighted by Gasteiger charge is -2.31. The molecular weight excluding hydrogens is 276 g/mol. The van der Waals surface area contributed by atoms with E-state index >= 15 is 0 Å². The number of amides is 1. The van der Waals surface area contributed by atoms with Crippen molar-refractivity contribution in [2.24, 2.45) is 0 Å². The van der Waals surface area contributed by atoms with Gasteiger partial charge in [0.25, 0.3) is 0 Å². The summed E-state index contributed by atoms with van der Waals surface area (Å²) < 4.78 is 0. The molecule has 1 atom stereocenters. The second-order valence-corrected chi connectivity index (χ2v) is 6.56. The zero-order chi connectivity index (χ0) is 13.1. The van der Waals surface area contributed by atoms with Gasteiger partial charge in [0, 0.05) is 30.6 Å². The van der Waals surface area contributed by atoms with Gasteiger partial charge in [-0.2, -0.15) is 11.3 Å². The molecule has 19 heavy (non-hydrogen) atoms. The van der Waals surface area contributed by atoms with Crippen LogP contribution in [0.3, 0.4) is 0 Å². The Labute approximate surface area is 120 Å². The van der Waals surface area contributed by atoms with Crippen LogP contribution in [0.25, 0.3) is 0 Å². The summed E-state index contributed by atoms with van der Waals surface area (Å²) >= 11 is 3.35. The first-order chi connectivity index (χ1) is 9.33. The molecule has 1 aliphatic heterocycles. The molecule has 0 saturated carbocycles. The van der Waals surface area contributed by atoms with E-state index in [-0.39, 0.29) is 5.91 Å². The number of piperidine rings is 1. The highest BCUT2D eigenvalue weighted by molar-refractivity contribution is 7.09. The van der Waals surface area contributed by atoms with E-state index in [1.54, 1.807) is 22.7 Å². The molecule has 5 heteroatoms. The summed E-state index contributed by atoms with van der Waals surface area (Å²) in [4.78, 5) is 18.7. The van der Waals surface area contributed by atoms with Crippen LogP contribution >= 0.6 is 22.7 Å². The number of carbonyl (C=O) groups excluding carboxylic acids is 1. The lowest BCUT2D eigenvalue weighted by molar-refractivity contribution is -0.131. The maximum atomic E-state index is 12.3. The molecule has 0 N–H and O–H groups in total. The fraction of sp³-hybridized carbons (Fsp3) is 0.429. The zero-order valence-corrected chi connectivity index (χ0v) is 12.3. The number of carbonyl (C=O) groups is 1. The van der Waals surface area contributed by atoms with Gasteiger partial charge in [0.15, 0.2) is 0 Å². The smallest absolute Gasteiger partial charge is 0.227 e. The predicted molar refractivity (Wildman–Crippen MR) is 78.7 cm³/mol. The Morgan fingerprint density at radius 1 is 1.47 bits per heavy atom. The molecule has 2 aromatic rings. The molecule has 0 unspecified atom stereocenters. The first kappa shape index (κ1) is 12.8. The van der Waals surface area contributed by atoms with Crippen LogP contribution < -0.4 is 0 Å². The minimum atomic E-state index is 0.250. The third kappa shape index (κ3) is 3.04. The molecular formula is C14H16N2OS2. The molecule has 1 aliphatic rings. The van der Waals surface area contributed by atoms with Gasteiger partial charge in [-0.3, -0.25) is 4.79 Å². The number of nitrogens with zero attached hydrogens (tertiary/aromatic N) is 2. The first-order valence-corrected chi connectivity index (χ1v) is 8.33. The lowest BCUT2D eigenvalue weighted by atomic mass is 9.98. The van der Waals surface area contributed by atoms with E-state index in [2.05, 4.69) is 10.4 Å². The Kier molecular flexibility index (Phi) is 3.94. The number of thiazole rings is 1. The van der Waals surface area contributed by atoms with Crippen molar-refractivity contribution >= 4 is 28.6 Å². The largest absolute Gasteiger partial charge is 0.342 e. The highest BCUT2D eigenvalue weighted by Crippen LogP contribution is 2.28. The summed E-state index contributed by atoms with van der Waals surface area (Å²) in [6, 6.07) is 2.03. The van der Waals surface area contributed by atoms with E-state index in [4.69, 9.17) is 0 Å². The predicted octanol–water partition coefficient (Wildman–Crippen LogP) is 3.15. The Morgan fingerprint density at radius 3 is 3.16 bits per heavy atom. The highest BCUT2D eigenvalue weighted by Gasteiger charge is 2.26. The zero-order valence-electron chi connectivity index (χ0n) is 10.6. The van der Waals surface area contributed by atoms with E-state index in [1.165, 1.54) is 5.01 Å². The Balaban J connectivity index is 1.63. The van der Waals surface area contributed by atoms with Crippen molar-refractivity contribution in [2.45, 2.75) is 25.2 Å². The number of hydrogen-bond acceptors (Lipinski definition) is 4. The molecule has 0 bridgehead atoms. The van der Waals surface area contributed by atoms with Gasteiger partial charge in [-0.1, -0.05) is 0 Å². The normalized spacial score (nSPS) is 19.6. The van der Waals surface area contributed by atoms with E-state index in [1.807, 2.05) is 27.9 Å². The maximum absolute atomic E-state index is 12.3. The van der Waals surface area contributed by atoms with Gasteiger partial charge < -0.3 is 4.90 Å². The van der Waals surface area contributed by atoms with Crippen molar-refractivity contribution in [3.63, 3.8) is 0 Å². The van der Waals surface area contributed by atoms with Crippen molar-refractivity contribution in [3.8, 4) is 0 Å². The van der Waals surface area contributed by atoms with Gasteiger partial charge in [-0.05, 0) is 35.2 Å². The third-order valence-corrected chi connectivity index (χ3v) is 5.18. The van der Waals surface area contributed by atoms with E-state index in [9.17, 15) is 4.79 Å². The number of aromatic nitrogens is 1. The monoisotopic (exact) mass is 292 g/mol. The van der Waals surface area contributed by atoms with Crippen molar-refractivity contribution in [2.75, 3.05) is 13.1 Å². The molecule has 3 heterocycles. The van der Waals surface area contributed by atoms with Crippen LogP contribution in [0.15, 0.2) is 28.4 Å². The average Bonchev–Trinajstić information content (AvgIpc) is 3.12. The average molecular weight is 292 g/mol.